The zero-order chi connectivity index (χ0) is 15.9. The molecule has 3 aliphatic rings. The van der Waals surface area contributed by atoms with Crippen molar-refractivity contribution in [1.82, 2.24) is 0 Å². The van der Waals surface area contributed by atoms with Crippen molar-refractivity contribution < 1.29 is 14.6 Å². The van der Waals surface area contributed by atoms with Gasteiger partial charge in [-0.15, -0.1) is 0 Å². The Kier molecular flexibility index (Phi) is 3.37. The van der Waals surface area contributed by atoms with Crippen molar-refractivity contribution in [3.8, 4) is 5.75 Å². The van der Waals surface area contributed by atoms with E-state index in [9.17, 15) is 9.90 Å². The summed E-state index contributed by atoms with van der Waals surface area (Å²) in [6.45, 7) is 0. The lowest BCUT2D eigenvalue weighted by Gasteiger charge is -2.32. The number of benzene rings is 1. The van der Waals surface area contributed by atoms with E-state index in [0.29, 0.717) is 5.75 Å². The van der Waals surface area contributed by atoms with Crippen LogP contribution in [-0.4, -0.2) is 6.16 Å². The van der Waals surface area contributed by atoms with E-state index in [2.05, 4.69) is 23.0 Å². The van der Waals surface area contributed by atoms with Crippen molar-refractivity contribution >= 4 is 6.16 Å². The van der Waals surface area contributed by atoms with Crippen molar-refractivity contribution in [2.75, 3.05) is 0 Å². The molecule has 0 spiro atoms. The van der Waals surface area contributed by atoms with Gasteiger partial charge in [0.05, 0.1) is 0 Å². The summed E-state index contributed by atoms with van der Waals surface area (Å²) in [4.78, 5) is 10.5. The van der Waals surface area contributed by atoms with Crippen LogP contribution in [0.4, 0.5) is 4.79 Å². The predicted molar refractivity (Wildman–Crippen MR) is 85.4 cm³/mol. The highest BCUT2D eigenvalue weighted by Gasteiger charge is 2.50. The van der Waals surface area contributed by atoms with Crippen molar-refractivity contribution in [2.24, 2.45) is 5.92 Å². The fourth-order valence-electron chi connectivity index (χ4n) is 4.57. The van der Waals surface area contributed by atoms with E-state index in [1.807, 2.05) is 18.2 Å². The van der Waals surface area contributed by atoms with E-state index in [4.69, 9.17) is 0 Å². The topological polar surface area (TPSA) is 46.2 Å². The molecule has 3 heteroatoms. The zero-order valence-corrected chi connectivity index (χ0v) is 12.9. The Labute approximate surface area is 136 Å². The maximum absolute atomic E-state index is 10.5. The molecule has 2 radical (unpaired) electrons. The molecule has 4 rings (SSSR count). The van der Waals surface area contributed by atoms with Gasteiger partial charge in [0, 0.05) is 5.41 Å². The number of fused-ring (bicyclic) bond motifs is 2. The molecule has 2 saturated carbocycles. The molecule has 3 nitrogen and oxygen atoms in total. The van der Waals surface area contributed by atoms with Gasteiger partial charge in [-0.05, 0) is 67.4 Å². The molecular formula is C20H18O3. The SMILES string of the molecule is [O]C(=O)Oc1ccc(C23CCC(CC2=C2C=C[C]=CC2)C3)cc1. The van der Waals surface area contributed by atoms with Crippen LogP contribution in [0, 0.1) is 12.0 Å². The molecule has 0 N–H and O–H groups in total. The van der Waals surface area contributed by atoms with Crippen molar-refractivity contribution in [3.05, 3.63) is 65.3 Å². The predicted octanol–water partition coefficient (Wildman–Crippen LogP) is 4.67. The third-order valence-corrected chi connectivity index (χ3v) is 5.50. The second-order valence-electron chi connectivity index (χ2n) is 6.68. The van der Waals surface area contributed by atoms with Crippen LogP contribution in [0.5, 0.6) is 5.75 Å². The molecule has 2 bridgehead atoms. The first-order chi connectivity index (χ1) is 11.2. The average molecular weight is 306 g/mol. The lowest BCUT2D eigenvalue weighted by Crippen LogP contribution is -2.24. The van der Waals surface area contributed by atoms with Crippen LogP contribution in [0.1, 0.15) is 37.7 Å². The standard InChI is InChI=1S/C20H18O3/c21-19(22)23-17-8-6-16(7-9-17)20-11-10-14(13-20)12-18(20)15-4-2-1-3-5-15/h2-4,6-9,14H,5,10-13H2. The molecule has 1 aromatic rings. The first-order valence-corrected chi connectivity index (χ1v) is 8.13. The van der Waals surface area contributed by atoms with Gasteiger partial charge in [-0.1, -0.05) is 35.9 Å². The third-order valence-electron chi connectivity index (χ3n) is 5.50. The Morgan fingerprint density at radius 2 is 2.09 bits per heavy atom. The number of hydrogen-bond acceptors (Lipinski definition) is 2. The number of allylic oxidation sites excluding steroid dienone is 6. The van der Waals surface area contributed by atoms with Gasteiger partial charge in [0.1, 0.15) is 5.75 Å². The van der Waals surface area contributed by atoms with Crippen molar-refractivity contribution in [2.45, 2.75) is 37.5 Å². The van der Waals surface area contributed by atoms with Crippen LogP contribution >= 0.6 is 0 Å². The van der Waals surface area contributed by atoms with Gasteiger partial charge in [-0.3, -0.25) is 0 Å². The molecular weight excluding hydrogens is 288 g/mol. The highest BCUT2D eigenvalue weighted by molar-refractivity contribution is 5.61. The van der Waals surface area contributed by atoms with Crippen LogP contribution in [0.3, 0.4) is 0 Å². The van der Waals surface area contributed by atoms with Crippen molar-refractivity contribution in [3.63, 3.8) is 0 Å². The van der Waals surface area contributed by atoms with Crippen LogP contribution in [-0.2, 0) is 10.5 Å². The normalized spacial score (nSPS) is 31.6. The van der Waals surface area contributed by atoms with Gasteiger partial charge in [-0.2, -0.15) is 9.90 Å². The maximum atomic E-state index is 10.5. The monoisotopic (exact) mass is 306 g/mol. The van der Waals surface area contributed by atoms with Gasteiger partial charge in [0.25, 0.3) is 0 Å². The first-order valence-electron chi connectivity index (χ1n) is 8.13. The van der Waals surface area contributed by atoms with E-state index in [1.165, 1.54) is 36.8 Å². The quantitative estimate of drug-likeness (QED) is 0.588. The second kappa shape index (κ2) is 5.41. The third kappa shape index (κ3) is 2.40. The number of rotatable bonds is 2. The van der Waals surface area contributed by atoms with E-state index in [-0.39, 0.29) is 5.41 Å². The Morgan fingerprint density at radius 1 is 1.26 bits per heavy atom. The van der Waals surface area contributed by atoms with Gasteiger partial charge < -0.3 is 4.74 Å². The van der Waals surface area contributed by atoms with Gasteiger partial charge in [-0.25, -0.2) is 0 Å². The minimum absolute atomic E-state index is 0.121. The molecule has 116 valence electrons. The summed E-state index contributed by atoms with van der Waals surface area (Å²) < 4.78 is 4.62. The minimum Gasteiger partial charge on any atom is -0.392 e. The number of hydrogen-bond donors (Lipinski definition) is 0. The molecule has 0 aromatic heterocycles. The van der Waals surface area contributed by atoms with Gasteiger partial charge in [0.15, 0.2) is 0 Å². The Bertz CT molecular complexity index is 724. The molecule has 3 aliphatic carbocycles. The molecule has 23 heavy (non-hydrogen) atoms. The van der Waals surface area contributed by atoms with Crippen LogP contribution in [0.15, 0.2) is 53.6 Å². The average Bonchev–Trinajstić information content (AvgIpc) is 3.15. The molecule has 2 atom stereocenters. The smallest absolute Gasteiger partial charge is 0.392 e. The fourth-order valence-corrected chi connectivity index (χ4v) is 4.57. The zero-order valence-electron chi connectivity index (χ0n) is 12.9. The van der Waals surface area contributed by atoms with Crippen LogP contribution < -0.4 is 4.74 Å². The molecule has 1 aromatic carbocycles. The van der Waals surface area contributed by atoms with Crippen LogP contribution in [0.25, 0.3) is 0 Å². The maximum Gasteiger partial charge on any atom is 0.555 e. The summed E-state index contributed by atoms with van der Waals surface area (Å²) in [5, 5.41) is 10.5. The van der Waals surface area contributed by atoms with E-state index < -0.39 is 6.16 Å². The van der Waals surface area contributed by atoms with Crippen molar-refractivity contribution in [1.29, 1.82) is 0 Å². The van der Waals surface area contributed by atoms with E-state index >= 15 is 0 Å². The highest BCUT2D eigenvalue weighted by Crippen LogP contribution is 2.59. The van der Waals surface area contributed by atoms with Crippen LogP contribution in [0.2, 0.25) is 0 Å². The molecule has 0 aliphatic heterocycles. The number of ether oxygens (including phenoxy) is 1. The first kappa shape index (κ1) is 14.3. The highest BCUT2D eigenvalue weighted by atomic mass is 16.7. The molecule has 0 heterocycles. The summed E-state index contributed by atoms with van der Waals surface area (Å²) in [7, 11) is 0. The minimum atomic E-state index is -1.52. The summed E-state index contributed by atoms with van der Waals surface area (Å²) in [6.07, 6.45) is 13.7. The lowest BCUT2D eigenvalue weighted by molar-refractivity contribution is 0.117. The molecule has 2 fully saturated rings. The largest absolute Gasteiger partial charge is 0.555 e. The van der Waals surface area contributed by atoms with E-state index in [0.717, 1.165) is 12.3 Å². The Balaban J connectivity index is 1.71. The Hall–Kier alpha value is -2.29. The lowest BCUT2D eigenvalue weighted by atomic mass is 9.71. The van der Waals surface area contributed by atoms with Gasteiger partial charge >= 0.3 is 6.16 Å². The summed E-state index contributed by atoms with van der Waals surface area (Å²) in [5.41, 5.74) is 4.39. The molecule has 0 amide bonds. The fraction of sp³-hybridized carbons (Fsp3) is 0.350. The number of carbonyl (C=O) groups is 1. The van der Waals surface area contributed by atoms with E-state index in [1.54, 1.807) is 17.7 Å². The number of carbonyl (C=O) groups excluding carboxylic acids is 1. The molecule has 2 unspecified atom stereocenters. The summed E-state index contributed by atoms with van der Waals surface area (Å²) in [5.74, 6) is 1.10. The Morgan fingerprint density at radius 3 is 2.74 bits per heavy atom. The van der Waals surface area contributed by atoms with Gasteiger partial charge in [0.2, 0.25) is 0 Å². The summed E-state index contributed by atoms with van der Waals surface area (Å²) in [6, 6.07) is 7.50. The molecule has 0 saturated heterocycles. The summed E-state index contributed by atoms with van der Waals surface area (Å²) >= 11 is 0. The second-order valence-corrected chi connectivity index (χ2v) is 6.68.